The van der Waals surface area contributed by atoms with Gasteiger partial charge in [0.2, 0.25) is 0 Å². The molecule has 0 atom stereocenters. The number of amides is 2. The van der Waals surface area contributed by atoms with Crippen LogP contribution in [-0.4, -0.2) is 63.2 Å². The standard InChI is InChI=1S/C13H27N3O3/c1-11(2)19-10-6-8-15-13(18)12(17)14-7-5-9-16(3)4/h11H,5-10H2,1-4H3,(H,14,17)(H,15,18). The number of carbonyl (C=O) groups is 2. The monoisotopic (exact) mass is 273 g/mol. The summed E-state index contributed by atoms with van der Waals surface area (Å²) in [4.78, 5) is 24.8. The van der Waals surface area contributed by atoms with Crippen molar-refractivity contribution in [1.82, 2.24) is 15.5 Å². The lowest BCUT2D eigenvalue weighted by Crippen LogP contribution is -2.41. The smallest absolute Gasteiger partial charge is 0.309 e. The zero-order chi connectivity index (χ0) is 14.7. The normalized spacial score (nSPS) is 10.8. The molecule has 0 fully saturated rings. The van der Waals surface area contributed by atoms with Crippen LogP contribution in [0, 0.1) is 0 Å². The first-order valence-corrected chi connectivity index (χ1v) is 6.76. The molecule has 2 N–H and O–H groups in total. The van der Waals surface area contributed by atoms with E-state index in [1.807, 2.05) is 32.8 Å². The number of hydrogen-bond acceptors (Lipinski definition) is 4. The second-order valence-electron chi connectivity index (χ2n) is 4.94. The lowest BCUT2D eigenvalue weighted by molar-refractivity contribution is -0.139. The van der Waals surface area contributed by atoms with Gasteiger partial charge in [0.1, 0.15) is 0 Å². The molecule has 0 unspecified atom stereocenters. The van der Waals surface area contributed by atoms with Gasteiger partial charge < -0.3 is 20.3 Å². The van der Waals surface area contributed by atoms with Crippen molar-refractivity contribution in [3.63, 3.8) is 0 Å². The summed E-state index contributed by atoms with van der Waals surface area (Å²) >= 11 is 0. The maximum atomic E-state index is 11.4. The van der Waals surface area contributed by atoms with Crippen molar-refractivity contribution < 1.29 is 14.3 Å². The van der Waals surface area contributed by atoms with Gasteiger partial charge in [0, 0.05) is 19.7 Å². The first kappa shape index (κ1) is 17.9. The van der Waals surface area contributed by atoms with E-state index in [0.717, 1.165) is 13.0 Å². The number of nitrogens with one attached hydrogen (secondary N) is 2. The van der Waals surface area contributed by atoms with Gasteiger partial charge in [0.25, 0.3) is 0 Å². The second-order valence-corrected chi connectivity index (χ2v) is 4.94. The first-order valence-electron chi connectivity index (χ1n) is 6.76. The predicted molar refractivity (Wildman–Crippen MR) is 74.9 cm³/mol. The summed E-state index contributed by atoms with van der Waals surface area (Å²) < 4.78 is 5.33. The third kappa shape index (κ3) is 11.7. The highest BCUT2D eigenvalue weighted by molar-refractivity contribution is 6.35. The summed E-state index contributed by atoms with van der Waals surface area (Å²) in [5, 5.41) is 5.15. The van der Waals surface area contributed by atoms with Gasteiger partial charge in [-0.05, 0) is 47.3 Å². The summed E-state index contributed by atoms with van der Waals surface area (Å²) in [5.41, 5.74) is 0. The quantitative estimate of drug-likeness (QED) is 0.458. The molecule has 0 saturated carbocycles. The van der Waals surface area contributed by atoms with E-state index in [4.69, 9.17) is 4.74 Å². The number of nitrogens with zero attached hydrogens (tertiary/aromatic N) is 1. The molecule has 0 radical (unpaired) electrons. The van der Waals surface area contributed by atoms with Crippen molar-refractivity contribution in [2.75, 3.05) is 40.3 Å². The van der Waals surface area contributed by atoms with Crippen LogP contribution in [0.2, 0.25) is 0 Å². The van der Waals surface area contributed by atoms with E-state index in [1.165, 1.54) is 0 Å². The van der Waals surface area contributed by atoms with E-state index in [2.05, 4.69) is 10.6 Å². The van der Waals surface area contributed by atoms with Gasteiger partial charge in [-0.15, -0.1) is 0 Å². The average Bonchev–Trinajstić information content (AvgIpc) is 2.33. The average molecular weight is 273 g/mol. The van der Waals surface area contributed by atoms with Crippen LogP contribution < -0.4 is 10.6 Å². The van der Waals surface area contributed by atoms with Gasteiger partial charge in [-0.3, -0.25) is 9.59 Å². The summed E-state index contributed by atoms with van der Waals surface area (Å²) in [6.45, 7) is 6.36. The largest absolute Gasteiger partial charge is 0.379 e. The lowest BCUT2D eigenvalue weighted by atomic mass is 10.4. The molecule has 0 spiro atoms. The first-order chi connectivity index (χ1) is 8.93. The second kappa shape index (κ2) is 10.8. The van der Waals surface area contributed by atoms with Crippen LogP contribution in [0.3, 0.4) is 0 Å². The zero-order valence-electron chi connectivity index (χ0n) is 12.5. The third-order valence-electron chi connectivity index (χ3n) is 2.33. The van der Waals surface area contributed by atoms with Gasteiger partial charge in [-0.1, -0.05) is 0 Å². The molecule has 0 aliphatic carbocycles. The van der Waals surface area contributed by atoms with Crippen molar-refractivity contribution in [2.45, 2.75) is 32.8 Å². The number of hydrogen-bond donors (Lipinski definition) is 2. The Hall–Kier alpha value is -1.14. The fourth-order valence-corrected chi connectivity index (χ4v) is 1.35. The van der Waals surface area contributed by atoms with Crippen LogP contribution in [0.25, 0.3) is 0 Å². The Morgan fingerprint density at radius 1 is 1.05 bits per heavy atom. The number of carbonyl (C=O) groups excluding carboxylic acids is 2. The molecule has 0 aromatic carbocycles. The van der Waals surface area contributed by atoms with Gasteiger partial charge in [-0.25, -0.2) is 0 Å². The highest BCUT2D eigenvalue weighted by Gasteiger charge is 2.11. The van der Waals surface area contributed by atoms with Gasteiger partial charge in [0.05, 0.1) is 6.10 Å². The molecule has 0 saturated heterocycles. The maximum Gasteiger partial charge on any atom is 0.309 e. The molecular formula is C13H27N3O3. The Morgan fingerprint density at radius 2 is 1.58 bits per heavy atom. The molecule has 6 heteroatoms. The number of ether oxygens (including phenoxy) is 1. The van der Waals surface area contributed by atoms with Crippen LogP contribution in [0.5, 0.6) is 0 Å². The Morgan fingerprint density at radius 3 is 2.05 bits per heavy atom. The van der Waals surface area contributed by atoms with E-state index in [9.17, 15) is 9.59 Å². The van der Waals surface area contributed by atoms with E-state index >= 15 is 0 Å². The molecule has 112 valence electrons. The van der Waals surface area contributed by atoms with E-state index in [1.54, 1.807) is 0 Å². The minimum absolute atomic E-state index is 0.190. The summed E-state index contributed by atoms with van der Waals surface area (Å²) in [6.07, 6.45) is 1.72. The molecule has 0 aliphatic heterocycles. The van der Waals surface area contributed by atoms with E-state index < -0.39 is 11.8 Å². The molecule has 2 amide bonds. The Balaban J connectivity index is 3.51. The Labute approximate surface area is 115 Å². The molecular weight excluding hydrogens is 246 g/mol. The molecule has 0 aromatic rings. The highest BCUT2D eigenvalue weighted by Crippen LogP contribution is 1.89. The lowest BCUT2D eigenvalue weighted by Gasteiger charge is -2.10. The summed E-state index contributed by atoms with van der Waals surface area (Å²) in [6, 6.07) is 0. The zero-order valence-corrected chi connectivity index (χ0v) is 12.5. The fraction of sp³-hybridized carbons (Fsp3) is 0.846. The molecule has 0 rings (SSSR count). The summed E-state index contributed by atoms with van der Waals surface area (Å²) in [5.74, 6) is -1.14. The minimum Gasteiger partial charge on any atom is -0.379 e. The molecule has 0 heterocycles. The highest BCUT2D eigenvalue weighted by atomic mass is 16.5. The van der Waals surface area contributed by atoms with Crippen molar-refractivity contribution >= 4 is 11.8 Å². The molecule has 19 heavy (non-hydrogen) atoms. The van der Waals surface area contributed by atoms with Gasteiger partial charge in [-0.2, -0.15) is 0 Å². The molecule has 0 bridgehead atoms. The third-order valence-corrected chi connectivity index (χ3v) is 2.33. The van der Waals surface area contributed by atoms with E-state index in [-0.39, 0.29) is 6.10 Å². The van der Waals surface area contributed by atoms with Crippen LogP contribution in [0.4, 0.5) is 0 Å². The predicted octanol–water partition coefficient (Wildman–Crippen LogP) is -0.0144. The Bertz CT molecular complexity index is 268. The molecule has 0 aromatic heterocycles. The van der Waals surface area contributed by atoms with E-state index in [0.29, 0.717) is 26.1 Å². The van der Waals surface area contributed by atoms with Crippen LogP contribution in [0.15, 0.2) is 0 Å². The van der Waals surface area contributed by atoms with Crippen LogP contribution >= 0.6 is 0 Å². The van der Waals surface area contributed by atoms with Crippen LogP contribution in [0.1, 0.15) is 26.7 Å². The minimum atomic E-state index is -0.575. The topological polar surface area (TPSA) is 70.7 Å². The SMILES string of the molecule is CC(C)OCCCNC(=O)C(=O)NCCCN(C)C. The van der Waals surface area contributed by atoms with Crippen molar-refractivity contribution in [2.24, 2.45) is 0 Å². The van der Waals surface area contributed by atoms with Crippen LogP contribution in [-0.2, 0) is 14.3 Å². The molecule has 0 aliphatic rings. The van der Waals surface area contributed by atoms with Gasteiger partial charge >= 0.3 is 11.8 Å². The fourth-order valence-electron chi connectivity index (χ4n) is 1.35. The van der Waals surface area contributed by atoms with Crippen molar-refractivity contribution in [1.29, 1.82) is 0 Å². The van der Waals surface area contributed by atoms with Crippen molar-refractivity contribution in [3.05, 3.63) is 0 Å². The Kier molecular flexibility index (Phi) is 10.1. The van der Waals surface area contributed by atoms with Crippen molar-refractivity contribution in [3.8, 4) is 0 Å². The number of rotatable bonds is 9. The summed E-state index contributed by atoms with van der Waals surface area (Å²) in [7, 11) is 3.93. The maximum absolute atomic E-state index is 11.4. The van der Waals surface area contributed by atoms with Gasteiger partial charge in [0.15, 0.2) is 0 Å². The molecule has 6 nitrogen and oxygen atoms in total.